The third kappa shape index (κ3) is 4.50. The Morgan fingerprint density at radius 3 is 2.71 bits per heavy atom. The van der Waals surface area contributed by atoms with Crippen LogP contribution in [0, 0.1) is 6.92 Å². The molecule has 0 saturated carbocycles. The molecule has 2 heterocycles. The molecule has 0 fully saturated rings. The van der Waals surface area contributed by atoms with Crippen LogP contribution < -0.4 is 5.43 Å². The summed E-state index contributed by atoms with van der Waals surface area (Å²) in [6.07, 6.45) is 1.36. The summed E-state index contributed by atoms with van der Waals surface area (Å²) in [5.74, 6) is 0.763. The minimum absolute atomic E-state index is 0.169. The molecule has 0 saturated heterocycles. The quantitative estimate of drug-likeness (QED) is 0.375. The molecular formula is C20H17ClN2O5. The molecule has 1 aromatic carbocycles. The van der Waals surface area contributed by atoms with Gasteiger partial charge in [0.05, 0.1) is 23.4 Å². The second-order valence-electron chi connectivity index (χ2n) is 5.73. The zero-order valence-corrected chi connectivity index (χ0v) is 15.9. The van der Waals surface area contributed by atoms with E-state index in [4.69, 9.17) is 25.2 Å². The van der Waals surface area contributed by atoms with Gasteiger partial charge in [-0.2, -0.15) is 5.10 Å². The fourth-order valence-electron chi connectivity index (χ4n) is 2.39. The van der Waals surface area contributed by atoms with E-state index in [1.165, 1.54) is 6.21 Å². The number of amides is 1. The van der Waals surface area contributed by atoms with E-state index in [2.05, 4.69) is 10.5 Å². The molecule has 0 bridgehead atoms. The van der Waals surface area contributed by atoms with Crippen molar-refractivity contribution in [3.8, 4) is 11.3 Å². The molecular weight excluding hydrogens is 384 g/mol. The second-order valence-corrected chi connectivity index (χ2v) is 6.13. The molecule has 0 spiro atoms. The maximum absolute atomic E-state index is 12.0. The summed E-state index contributed by atoms with van der Waals surface area (Å²) in [5.41, 5.74) is 3.27. The van der Waals surface area contributed by atoms with Crippen LogP contribution in [-0.2, 0) is 4.74 Å². The number of hydrazone groups is 1. The minimum atomic E-state index is -0.501. The van der Waals surface area contributed by atoms with Crippen LogP contribution in [0.15, 0.2) is 56.4 Å². The Bertz CT molecular complexity index is 1030. The molecule has 0 radical (unpaired) electrons. The molecule has 0 aliphatic carbocycles. The summed E-state index contributed by atoms with van der Waals surface area (Å²) >= 11 is 6.07. The topological polar surface area (TPSA) is 94.0 Å². The zero-order chi connectivity index (χ0) is 20.1. The first-order valence-corrected chi connectivity index (χ1v) is 8.82. The lowest BCUT2D eigenvalue weighted by atomic mass is 10.1. The molecule has 0 atom stereocenters. The molecule has 0 unspecified atom stereocenters. The normalized spacial score (nSPS) is 11.0. The highest BCUT2D eigenvalue weighted by Crippen LogP contribution is 2.27. The Morgan fingerprint density at radius 2 is 2.00 bits per heavy atom. The Kier molecular flexibility index (Phi) is 5.96. The number of hydrogen-bond donors (Lipinski definition) is 1. The Morgan fingerprint density at radius 1 is 1.18 bits per heavy atom. The van der Waals surface area contributed by atoms with Gasteiger partial charge in [0, 0.05) is 5.56 Å². The SMILES string of the molecule is CCOC(=O)c1cc(-c2ccc(/C=N\NC(=O)c3ccc(C)o3)o2)ccc1Cl. The molecule has 0 aliphatic rings. The van der Waals surface area contributed by atoms with Gasteiger partial charge >= 0.3 is 11.9 Å². The first-order chi connectivity index (χ1) is 13.5. The number of esters is 1. The number of aryl methyl sites for hydroxylation is 1. The van der Waals surface area contributed by atoms with Crippen molar-refractivity contribution in [2.24, 2.45) is 5.10 Å². The van der Waals surface area contributed by atoms with Crippen LogP contribution in [-0.4, -0.2) is 24.7 Å². The van der Waals surface area contributed by atoms with Gasteiger partial charge in [-0.25, -0.2) is 10.2 Å². The third-order valence-electron chi connectivity index (χ3n) is 3.70. The van der Waals surface area contributed by atoms with Gasteiger partial charge in [0.1, 0.15) is 17.3 Å². The number of nitrogens with one attached hydrogen (secondary N) is 1. The average molecular weight is 401 g/mol. The monoisotopic (exact) mass is 400 g/mol. The Labute approximate surface area is 165 Å². The summed E-state index contributed by atoms with van der Waals surface area (Å²) in [7, 11) is 0. The van der Waals surface area contributed by atoms with E-state index in [1.54, 1.807) is 56.3 Å². The van der Waals surface area contributed by atoms with Gasteiger partial charge in [0.15, 0.2) is 5.76 Å². The van der Waals surface area contributed by atoms with E-state index >= 15 is 0 Å². The lowest BCUT2D eigenvalue weighted by Gasteiger charge is -2.05. The van der Waals surface area contributed by atoms with Gasteiger partial charge in [0.25, 0.3) is 0 Å². The van der Waals surface area contributed by atoms with Crippen LogP contribution in [0.4, 0.5) is 0 Å². The highest BCUT2D eigenvalue weighted by molar-refractivity contribution is 6.33. The minimum Gasteiger partial charge on any atom is -0.462 e. The fourth-order valence-corrected chi connectivity index (χ4v) is 2.58. The van der Waals surface area contributed by atoms with Gasteiger partial charge in [-0.3, -0.25) is 4.79 Å². The van der Waals surface area contributed by atoms with Crippen molar-refractivity contribution in [3.05, 3.63) is 70.3 Å². The standard InChI is InChI=1S/C20H17ClN2O5/c1-3-26-20(25)15-10-13(5-7-16(15)21)17-9-6-14(28-17)11-22-23-19(24)18-8-4-12(2)27-18/h4-11H,3H2,1-2H3,(H,23,24)/b22-11-. The molecule has 144 valence electrons. The summed E-state index contributed by atoms with van der Waals surface area (Å²) < 4.78 is 15.9. The van der Waals surface area contributed by atoms with E-state index in [-0.39, 0.29) is 17.9 Å². The van der Waals surface area contributed by atoms with Crippen molar-refractivity contribution in [1.29, 1.82) is 0 Å². The number of nitrogens with zero attached hydrogens (tertiary/aromatic N) is 1. The molecule has 3 rings (SSSR count). The number of benzene rings is 1. The summed E-state index contributed by atoms with van der Waals surface area (Å²) in [6, 6.07) is 11.6. The highest BCUT2D eigenvalue weighted by Gasteiger charge is 2.14. The van der Waals surface area contributed by atoms with Crippen LogP contribution in [0.2, 0.25) is 5.02 Å². The van der Waals surface area contributed by atoms with Gasteiger partial charge in [0.2, 0.25) is 0 Å². The maximum atomic E-state index is 12.0. The number of furan rings is 2. The van der Waals surface area contributed by atoms with Crippen LogP contribution in [0.5, 0.6) is 0 Å². The van der Waals surface area contributed by atoms with Crippen molar-refractivity contribution in [3.63, 3.8) is 0 Å². The number of hydrogen-bond acceptors (Lipinski definition) is 6. The molecule has 8 heteroatoms. The molecule has 1 amide bonds. The first-order valence-electron chi connectivity index (χ1n) is 8.44. The van der Waals surface area contributed by atoms with E-state index < -0.39 is 11.9 Å². The van der Waals surface area contributed by atoms with Crippen LogP contribution in [0.25, 0.3) is 11.3 Å². The summed E-state index contributed by atoms with van der Waals surface area (Å²) in [5, 5.41) is 4.14. The van der Waals surface area contributed by atoms with Crippen molar-refractivity contribution >= 4 is 29.7 Å². The first kappa shape index (κ1) is 19.4. The van der Waals surface area contributed by atoms with Crippen molar-refractivity contribution in [2.45, 2.75) is 13.8 Å². The van der Waals surface area contributed by atoms with Crippen molar-refractivity contribution in [2.75, 3.05) is 6.61 Å². The zero-order valence-electron chi connectivity index (χ0n) is 15.2. The van der Waals surface area contributed by atoms with Gasteiger partial charge < -0.3 is 13.6 Å². The number of carbonyl (C=O) groups is 2. The lowest BCUT2D eigenvalue weighted by molar-refractivity contribution is 0.0526. The van der Waals surface area contributed by atoms with E-state index in [9.17, 15) is 9.59 Å². The smallest absolute Gasteiger partial charge is 0.339 e. The number of ether oxygens (including phenoxy) is 1. The highest BCUT2D eigenvalue weighted by atomic mass is 35.5. The number of carbonyl (C=O) groups excluding carboxylic acids is 2. The number of rotatable bonds is 6. The van der Waals surface area contributed by atoms with Gasteiger partial charge in [-0.1, -0.05) is 11.6 Å². The summed E-state index contributed by atoms with van der Waals surface area (Å²) in [6.45, 7) is 3.72. The third-order valence-corrected chi connectivity index (χ3v) is 4.02. The Balaban J connectivity index is 1.71. The van der Waals surface area contributed by atoms with Crippen molar-refractivity contribution in [1.82, 2.24) is 5.43 Å². The van der Waals surface area contributed by atoms with Crippen LogP contribution in [0.3, 0.4) is 0 Å². The van der Waals surface area contributed by atoms with E-state index in [0.29, 0.717) is 27.9 Å². The lowest BCUT2D eigenvalue weighted by Crippen LogP contribution is -2.16. The molecule has 28 heavy (non-hydrogen) atoms. The van der Waals surface area contributed by atoms with E-state index in [1.807, 2.05) is 0 Å². The average Bonchev–Trinajstić information content (AvgIpc) is 3.31. The van der Waals surface area contributed by atoms with E-state index in [0.717, 1.165) is 0 Å². The van der Waals surface area contributed by atoms with Crippen molar-refractivity contribution < 1.29 is 23.2 Å². The number of halogens is 1. The molecule has 3 aromatic rings. The fraction of sp³-hybridized carbons (Fsp3) is 0.150. The predicted molar refractivity (Wildman–Crippen MR) is 104 cm³/mol. The summed E-state index contributed by atoms with van der Waals surface area (Å²) in [4.78, 5) is 23.8. The predicted octanol–water partition coefficient (Wildman–Crippen LogP) is 4.44. The van der Waals surface area contributed by atoms with Gasteiger partial charge in [-0.05, 0) is 56.3 Å². The Hall–Kier alpha value is -3.32. The molecule has 1 N–H and O–H groups in total. The van der Waals surface area contributed by atoms with Gasteiger partial charge in [-0.15, -0.1) is 0 Å². The van der Waals surface area contributed by atoms with Crippen LogP contribution >= 0.6 is 11.6 Å². The van der Waals surface area contributed by atoms with Crippen LogP contribution in [0.1, 0.15) is 39.4 Å². The molecule has 0 aliphatic heterocycles. The largest absolute Gasteiger partial charge is 0.462 e. The second kappa shape index (κ2) is 8.58. The molecule has 2 aromatic heterocycles. The molecule has 7 nitrogen and oxygen atoms in total. The maximum Gasteiger partial charge on any atom is 0.339 e.